The third kappa shape index (κ3) is 4.39. The summed E-state index contributed by atoms with van der Waals surface area (Å²) in [6.45, 7) is 2.49. The van der Waals surface area contributed by atoms with E-state index >= 15 is 0 Å². The van der Waals surface area contributed by atoms with Gasteiger partial charge in [-0.05, 0) is 24.6 Å². The van der Waals surface area contributed by atoms with Gasteiger partial charge in [0.1, 0.15) is 5.78 Å². The number of carbonyl (C=O) groups excluding carboxylic acids is 1. The van der Waals surface area contributed by atoms with E-state index < -0.39 is 0 Å². The Morgan fingerprint density at radius 2 is 2.07 bits per heavy atom. The lowest BCUT2D eigenvalue weighted by Gasteiger charge is -2.02. The monoisotopic (exact) mass is 203 g/mol. The van der Waals surface area contributed by atoms with Gasteiger partial charge in [-0.15, -0.1) is 0 Å². The summed E-state index contributed by atoms with van der Waals surface area (Å²) < 4.78 is 5.30. The highest BCUT2D eigenvalue weighted by molar-refractivity contribution is 5.75. The fraction of sp³-hybridized carbons (Fsp3) is 0.333. The lowest BCUT2D eigenvalue weighted by Crippen LogP contribution is -2.00. The molecule has 0 aliphatic carbocycles. The minimum atomic E-state index is 0.134. The molecular weight excluding hydrogens is 190 g/mol. The number of nitriles is 1. The Kier molecular flexibility index (Phi) is 4.52. The molecule has 0 saturated heterocycles. The Morgan fingerprint density at radius 3 is 2.60 bits per heavy atom. The van der Waals surface area contributed by atoms with Crippen LogP contribution in [0.4, 0.5) is 0 Å². The van der Waals surface area contributed by atoms with Crippen molar-refractivity contribution in [3.63, 3.8) is 0 Å². The maximum absolute atomic E-state index is 10.6. The molecule has 3 nitrogen and oxygen atoms in total. The summed E-state index contributed by atoms with van der Waals surface area (Å²) >= 11 is 0. The average molecular weight is 203 g/mol. The molecule has 0 unspecified atom stereocenters. The Balaban J connectivity index is 2.32. The summed E-state index contributed by atoms with van der Waals surface area (Å²) in [5.74, 6) is 0.134. The Bertz CT molecular complexity index is 362. The van der Waals surface area contributed by atoms with E-state index in [1.807, 2.05) is 12.1 Å². The second kappa shape index (κ2) is 5.94. The number of hydrogen-bond acceptors (Lipinski definition) is 3. The second-order valence-electron chi connectivity index (χ2n) is 3.31. The molecule has 0 bridgehead atoms. The van der Waals surface area contributed by atoms with Gasteiger partial charge in [-0.1, -0.05) is 12.1 Å². The van der Waals surface area contributed by atoms with Crippen LogP contribution in [0.2, 0.25) is 0 Å². The first-order valence-electron chi connectivity index (χ1n) is 4.78. The summed E-state index contributed by atoms with van der Waals surface area (Å²) in [6, 6.07) is 9.27. The molecule has 0 aliphatic rings. The van der Waals surface area contributed by atoms with Gasteiger partial charge in [0.15, 0.2) is 0 Å². The molecule has 0 aliphatic heterocycles. The topological polar surface area (TPSA) is 50.1 Å². The SMILES string of the molecule is CC(=O)CCOCc1ccc(C#N)cc1. The molecule has 0 N–H and O–H groups in total. The van der Waals surface area contributed by atoms with Crippen LogP contribution >= 0.6 is 0 Å². The van der Waals surface area contributed by atoms with E-state index in [1.165, 1.54) is 0 Å². The molecule has 1 rings (SSSR count). The van der Waals surface area contributed by atoms with E-state index in [0.29, 0.717) is 25.2 Å². The zero-order chi connectivity index (χ0) is 11.1. The quantitative estimate of drug-likeness (QED) is 0.688. The van der Waals surface area contributed by atoms with Gasteiger partial charge in [-0.25, -0.2) is 0 Å². The zero-order valence-corrected chi connectivity index (χ0v) is 8.69. The van der Waals surface area contributed by atoms with E-state index in [1.54, 1.807) is 19.1 Å². The van der Waals surface area contributed by atoms with Gasteiger partial charge >= 0.3 is 0 Å². The fourth-order valence-electron chi connectivity index (χ4n) is 1.08. The molecule has 0 amide bonds. The number of nitrogens with zero attached hydrogens (tertiary/aromatic N) is 1. The summed E-state index contributed by atoms with van der Waals surface area (Å²) in [4.78, 5) is 10.6. The van der Waals surface area contributed by atoms with Gasteiger partial charge in [-0.2, -0.15) is 5.26 Å². The van der Waals surface area contributed by atoms with E-state index in [-0.39, 0.29) is 5.78 Å². The zero-order valence-electron chi connectivity index (χ0n) is 8.69. The lowest BCUT2D eigenvalue weighted by atomic mass is 10.2. The van der Waals surface area contributed by atoms with Crippen LogP contribution in [0, 0.1) is 11.3 Å². The lowest BCUT2D eigenvalue weighted by molar-refractivity contribution is -0.118. The van der Waals surface area contributed by atoms with Crippen LogP contribution in [0.3, 0.4) is 0 Å². The molecule has 15 heavy (non-hydrogen) atoms. The molecule has 0 aromatic heterocycles. The van der Waals surface area contributed by atoms with Gasteiger partial charge < -0.3 is 4.74 Å². The van der Waals surface area contributed by atoms with Crippen LogP contribution in [-0.2, 0) is 16.1 Å². The van der Waals surface area contributed by atoms with Crippen molar-refractivity contribution >= 4 is 5.78 Å². The summed E-state index contributed by atoms with van der Waals surface area (Å²) in [5.41, 5.74) is 1.65. The molecule has 0 spiro atoms. The summed E-state index contributed by atoms with van der Waals surface area (Å²) in [7, 11) is 0. The number of benzene rings is 1. The third-order valence-electron chi connectivity index (χ3n) is 1.95. The third-order valence-corrected chi connectivity index (χ3v) is 1.95. The minimum Gasteiger partial charge on any atom is -0.376 e. The highest BCUT2D eigenvalue weighted by Crippen LogP contribution is 2.04. The van der Waals surface area contributed by atoms with Crippen LogP contribution in [0.15, 0.2) is 24.3 Å². The number of carbonyl (C=O) groups is 1. The maximum Gasteiger partial charge on any atom is 0.132 e. The van der Waals surface area contributed by atoms with Crippen molar-refractivity contribution in [3.8, 4) is 6.07 Å². The molecule has 1 aromatic carbocycles. The molecular formula is C12H13NO2. The Hall–Kier alpha value is -1.66. The second-order valence-corrected chi connectivity index (χ2v) is 3.31. The number of rotatable bonds is 5. The van der Waals surface area contributed by atoms with Gasteiger partial charge in [0.05, 0.1) is 24.8 Å². The van der Waals surface area contributed by atoms with Crippen LogP contribution < -0.4 is 0 Å². The average Bonchev–Trinajstić information content (AvgIpc) is 2.25. The Morgan fingerprint density at radius 1 is 1.40 bits per heavy atom. The predicted octanol–water partition coefficient (Wildman–Crippen LogP) is 2.05. The van der Waals surface area contributed by atoms with Crippen LogP contribution in [-0.4, -0.2) is 12.4 Å². The smallest absolute Gasteiger partial charge is 0.132 e. The van der Waals surface area contributed by atoms with Crippen molar-refractivity contribution in [1.29, 1.82) is 5.26 Å². The van der Waals surface area contributed by atoms with Gasteiger partial charge in [0, 0.05) is 6.42 Å². The van der Waals surface area contributed by atoms with Crippen LogP contribution in [0.1, 0.15) is 24.5 Å². The van der Waals surface area contributed by atoms with Crippen molar-refractivity contribution < 1.29 is 9.53 Å². The first kappa shape index (κ1) is 11.4. The molecule has 3 heteroatoms. The molecule has 0 atom stereocenters. The molecule has 0 fully saturated rings. The van der Waals surface area contributed by atoms with E-state index in [2.05, 4.69) is 6.07 Å². The highest BCUT2D eigenvalue weighted by atomic mass is 16.5. The van der Waals surface area contributed by atoms with Crippen molar-refractivity contribution in [2.24, 2.45) is 0 Å². The fourth-order valence-corrected chi connectivity index (χ4v) is 1.08. The standard InChI is InChI=1S/C12H13NO2/c1-10(14)6-7-15-9-12-4-2-11(8-13)3-5-12/h2-5H,6-7,9H2,1H3. The first-order chi connectivity index (χ1) is 7.22. The minimum absolute atomic E-state index is 0.134. The van der Waals surface area contributed by atoms with Crippen molar-refractivity contribution in [2.45, 2.75) is 20.0 Å². The van der Waals surface area contributed by atoms with Crippen LogP contribution in [0.5, 0.6) is 0 Å². The van der Waals surface area contributed by atoms with Crippen molar-refractivity contribution in [1.82, 2.24) is 0 Å². The largest absolute Gasteiger partial charge is 0.376 e. The summed E-state index contributed by atoms with van der Waals surface area (Å²) in [6.07, 6.45) is 0.455. The number of ketones is 1. The number of hydrogen-bond donors (Lipinski definition) is 0. The molecule has 0 radical (unpaired) electrons. The van der Waals surface area contributed by atoms with Gasteiger partial charge in [-0.3, -0.25) is 4.79 Å². The van der Waals surface area contributed by atoms with E-state index in [4.69, 9.17) is 10.00 Å². The summed E-state index contributed by atoms with van der Waals surface area (Å²) in [5, 5.41) is 8.58. The maximum atomic E-state index is 10.6. The predicted molar refractivity (Wildman–Crippen MR) is 56.1 cm³/mol. The molecule has 1 aromatic rings. The highest BCUT2D eigenvalue weighted by Gasteiger charge is 1.96. The molecule has 78 valence electrons. The van der Waals surface area contributed by atoms with E-state index in [9.17, 15) is 4.79 Å². The first-order valence-corrected chi connectivity index (χ1v) is 4.78. The normalized spacial score (nSPS) is 9.60. The van der Waals surface area contributed by atoms with E-state index in [0.717, 1.165) is 5.56 Å². The number of Topliss-reactive ketones (excluding diaryl/α,β-unsaturated/α-hetero) is 1. The van der Waals surface area contributed by atoms with Crippen LogP contribution in [0.25, 0.3) is 0 Å². The Labute approximate surface area is 89.3 Å². The van der Waals surface area contributed by atoms with Crippen molar-refractivity contribution in [3.05, 3.63) is 35.4 Å². The van der Waals surface area contributed by atoms with Crippen molar-refractivity contribution in [2.75, 3.05) is 6.61 Å². The van der Waals surface area contributed by atoms with Gasteiger partial charge in [0.25, 0.3) is 0 Å². The number of ether oxygens (including phenoxy) is 1. The van der Waals surface area contributed by atoms with Gasteiger partial charge in [0.2, 0.25) is 0 Å². The molecule has 0 heterocycles. The molecule has 0 saturated carbocycles.